The number of aromatic hydroxyl groups is 2. The van der Waals surface area contributed by atoms with Crippen molar-refractivity contribution in [2.75, 3.05) is 11.5 Å². The Labute approximate surface area is 146 Å². The van der Waals surface area contributed by atoms with E-state index in [1.807, 2.05) is 0 Å². The lowest BCUT2D eigenvalue weighted by atomic mass is 10.0. The van der Waals surface area contributed by atoms with Gasteiger partial charge in [-0.15, -0.1) is 0 Å². The lowest BCUT2D eigenvalue weighted by molar-refractivity contribution is 0.445. The van der Waals surface area contributed by atoms with Gasteiger partial charge in [-0.25, -0.2) is 0 Å². The SMILES string of the molecule is Nc1cc(S(=O)(=O)O)c(-c2c(Cl)cc(S(=O)(=O)O)c(O)c2N)cc1O. The number of rotatable bonds is 3. The molecular formula is C12H11ClN2O8S2. The summed E-state index contributed by atoms with van der Waals surface area (Å²) < 4.78 is 63.9. The fourth-order valence-corrected chi connectivity index (χ4v) is 3.81. The van der Waals surface area contributed by atoms with E-state index >= 15 is 0 Å². The Morgan fingerprint density at radius 2 is 1.40 bits per heavy atom. The van der Waals surface area contributed by atoms with Gasteiger partial charge in [0.05, 0.1) is 16.4 Å². The van der Waals surface area contributed by atoms with Crippen molar-refractivity contribution in [3.05, 3.63) is 23.2 Å². The molecule has 0 amide bonds. The fourth-order valence-electron chi connectivity index (χ4n) is 2.10. The maximum absolute atomic E-state index is 11.6. The quantitative estimate of drug-likeness (QED) is 0.241. The van der Waals surface area contributed by atoms with Crippen LogP contribution in [-0.2, 0) is 20.2 Å². The molecule has 2 aromatic carbocycles. The van der Waals surface area contributed by atoms with Crippen LogP contribution in [0.2, 0.25) is 5.02 Å². The lowest BCUT2D eigenvalue weighted by Crippen LogP contribution is -2.06. The smallest absolute Gasteiger partial charge is 0.298 e. The van der Waals surface area contributed by atoms with Gasteiger partial charge >= 0.3 is 0 Å². The van der Waals surface area contributed by atoms with Crippen molar-refractivity contribution in [1.29, 1.82) is 0 Å². The van der Waals surface area contributed by atoms with Crippen LogP contribution in [0.15, 0.2) is 28.0 Å². The molecule has 0 unspecified atom stereocenters. The number of phenols is 2. The van der Waals surface area contributed by atoms with Crippen LogP contribution < -0.4 is 11.5 Å². The number of halogens is 1. The Bertz CT molecular complexity index is 1100. The van der Waals surface area contributed by atoms with Gasteiger partial charge in [0.25, 0.3) is 20.2 Å². The topological polar surface area (TPSA) is 201 Å². The monoisotopic (exact) mass is 410 g/mol. The summed E-state index contributed by atoms with van der Waals surface area (Å²) in [6.45, 7) is 0. The number of phenolic OH excluding ortho intramolecular Hbond substituents is 2. The van der Waals surface area contributed by atoms with Gasteiger partial charge in [-0.05, 0) is 18.2 Å². The first-order chi connectivity index (χ1) is 11.2. The Morgan fingerprint density at radius 1 is 0.880 bits per heavy atom. The number of anilines is 2. The summed E-state index contributed by atoms with van der Waals surface area (Å²) >= 11 is 5.91. The molecule has 0 fully saturated rings. The minimum Gasteiger partial charge on any atom is -0.506 e. The Balaban J connectivity index is 2.99. The Morgan fingerprint density at radius 3 is 1.88 bits per heavy atom. The molecule has 0 heterocycles. The maximum Gasteiger partial charge on any atom is 0.298 e. The summed E-state index contributed by atoms with van der Waals surface area (Å²) in [6, 6.07) is 2.16. The maximum atomic E-state index is 11.6. The van der Waals surface area contributed by atoms with Gasteiger partial charge in [-0.1, -0.05) is 11.6 Å². The molecule has 0 radical (unpaired) electrons. The van der Waals surface area contributed by atoms with E-state index in [0.717, 1.165) is 12.1 Å². The molecule has 13 heteroatoms. The molecule has 0 saturated heterocycles. The van der Waals surface area contributed by atoms with Gasteiger partial charge in [-0.3, -0.25) is 9.11 Å². The van der Waals surface area contributed by atoms with E-state index < -0.39 is 63.4 Å². The molecule has 8 N–H and O–H groups in total. The summed E-state index contributed by atoms with van der Waals surface area (Å²) in [6.07, 6.45) is 0. The number of nitrogen functional groups attached to an aromatic ring is 2. The third kappa shape index (κ3) is 3.43. The zero-order chi connectivity index (χ0) is 19.3. The molecule has 2 aromatic rings. The number of benzene rings is 2. The van der Waals surface area contributed by atoms with Crippen molar-refractivity contribution >= 4 is 43.2 Å². The number of nitrogens with two attached hydrogens (primary N) is 2. The molecule has 25 heavy (non-hydrogen) atoms. The van der Waals surface area contributed by atoms with E-state index in [9.17, 15) is 31.6 Å². The fraction of sp³-hybridized carbons (Fsp3) is 0. The predicted molar refractivity (Wildman–Crippen MR) is 88.7 cm³/mol. The molecule has 0 spiro atoms. The van der Waals surface area contributed by atoms with Crippen LogP contribution in [0.4, 0.5) is 11.4 Å². The van der Waals surface area contributed by atoms with Gasteiger partial charge in [0.1, 0.15) is 15.5 Å². The van der Waals surface area contributed by atoms with E-state index in [1.54, 1.807) is 0 Å². The van der Waals surface area contributed by atoms with Crippen molar-refractivity contribution < 1.29 is 36.2 Å². The zero-order valence-corrected chi connectivity index (χ0v) is 14.4. The normalized spacial score (nSPS) is 12.3. The molecule has 0 aliphatic carbocycles. The average molecular weight is 411 g/mol. The van der Waals surface area contributed by atoms with Crippen LogP contribution in [0, 0.1) is 0 Å². The number of hydrogen-bond acceptors (Lipinski definition) is 8. The molecule has 0 bridgehead atoms. The summed E-state index contributed by atoms with van der Waals surface area (Å²) in [5, 5.41) is 19.1. The highest BCUT2D eigenvalue weighted by Gasteiger charge is 2.27. The average Bonchev–Trinajstić information content (AvgIpc) is 2.44. The molecule has 2 rings (SSSR count). The third-order valence-electron chi connectivity index (χ3n) is 3.21. The second-order valence-corrected chi connectivity index (χ2v) is 8.04. The molecule has 0 saturated carbocycles. The molecular weight excluding hydrogens is 400 g/mol. The van der Waals surface area contributed by atoms with Crippen LogP contribution in [0.3, 0.4) is 0 Å². The van der Waals surface area contributed by atoms with E-state index in [0.29, 0.717) is 6.07 Å². The molecule has 0 aromatic heterocycles. The Hall–Kier alpha value is -2.25. The first kappa shape index (κ1) is 19.1. The van der Waals surface area contributed by atoms with E-state index in [4.69, 9.17) is 27.6 Å². The summed E-state index contributed by atoms with van der Waals surface area (Å²) in [4.78, 5) is -1.80. The van der Waals surface area contributed by atoms with E-state index in [-0.39, 0.29) is 5.69 Å². The highest BCUT2D eigenvalue weighted by molar-refractivity contribution is 7.86. The van der Waals surface area contributed by atoms with Gasteiger partial charge in [0, 0.05) is 11.1 Å². The predicted octanol–water partition coefficient (Wildman–Crippen LogP) is 1.08. The molecule has 0 aliphatic heterocycles. The van der Waals surface area contributed by atoms with E-state index in [1.165, 1.54) is 0 Å². The van der Waals surface area contributed by atoms with Crippen molar-refractivity contribution in [3.8, 4) is 22.6 Å². The van der Waals surface area contributed by atoms with Crippen LogP contribution in [0.25, 0.3) is 11.1 Å². The standard InChI is InChI=1S/C12H11ClN2O8S2/c13-5-2-9(25(21,22)23)12(17)11(15)10(5)4-1-7(16)6(14)3-8(4)24(18,19)20/h1-3,16-17H,14-15H2,(H,18,19,20)(H,21,22,23). The number of hydrogen-bond donors (Lipinski definition) is 6. The van der Waals surface area contributed by atoms with Crippen molar-refractivity contribution in [2.45, 2.75) is 9.79 Å². The van der Waals surface area contributed by atoms with Crippen LogP contribution in [0.5, 0.6) is 11.5 Å². The van der Waals surface area contributed by atoms with E-state index in [2.05, 4.69) is 0 Å². The Kier molecular flexibility index (Phi) is 4.52. The highest BCUT2D eigenvalue weighted by atomic mass is 35.5. The third-order valence-corrected chi connectivity index (χ3v) is 5.27. The van der Waals surface area contributed by atoms with Gasteiger partial charge in [-0.2, -0.15) is 16.8 Å². The second kappa shape index (κ2) is 5.93. The second-order valence-electron chi connectivity index (χ2n) is 4.85. The highest BCUT2D eigenvalue weighted by Crippen LogP contribution is 2.46. The first-order valence-electron chi connectivity index (χ1n) is 6.14. The minimum atomic E-state index is -4.88. The lowest BCUT2D eigenvalue weighted by Gasteiger charge is -2.16. The van der Waals surface area contributed by atoms with Gasteiger partial charge in [0.15, 0.2) is 5.75 Å². The molecule has 10 nitrogen and oxygen atoms in total. The van der Waals surface area contributed by atoms with Crippen LogP contribution in [-0.4, -0.2) is 36.2 Å². The first-order valence-corrected chi connectivity index (χ1v) is 9.39. The summed E-state index contributed by atoms with van der Waals surface area (Å²) in [5.41, 5.74) is 9.06. The van der Waals surface area contributed by atoms with Crippen LogP contribution >= 0.6 is 11.6 Å². The summed E-state index contributed by atoms with van der Waals surface area (Å²) in [5.74, 6) is -1.68. The molecule has 136 valence electrons. The molecule has 0 aliphatic rings. The van der Waals surface area contributed by atoms with Gasteiger partial charge in [0.2, 0.25) is 0 Å². The van der Waals surface area contributed by atoms with Gasteiger partial charge < -0.3 is 21.7 Å². The minimum absolute atomic E-state index is 0.384. The van der Waals surface area contributed by atoms with Crippen LogP contribution in [0.1, 0.15) is 0 Å². The summed E-state index contributed by atoms with van der Waals surface area (Å²) in [7, 11) is -9.74. The van der Waals surface area contributed by atoms with Crippen molar-refractivity contribution in [1.82, 2.24) is 0 Å². The van der Waals surface area contributed by atoms with Crippen molar-refractivity contribution in [3.63, 3.8) is 0 Å². The molecule has 0 atom stereocenters. The zero-order valence-electron chi connectivity index (χ0n) is 12.0. The van der Waals surface area contributed by atoms with Crippen molar-refractivity contribution in [2.24, 2.45) is 0 Å². The largest absolute Gasteiger partial charge is 0.506 e.